The van der Waals surface area contributed by atoms with E-state index in [1.807, 2.05) is 47.4 Å². The summed E-state index contributed by atoms with van der Waals surface area (Å²) in [6.45, 7) is 2.22. The summed E-state index contributed by atoms with van der Waals surface area (Å²) >= 11 is 0. The zero-order valence-electron chi connectivity index (χ0n) is 13.7. The van der Waals surface area contributed by atoms with Crippen molar-refractivity contribution in [3.63, 3.8) is 0 Å². The average Bonchev–Trinajstić information content (AvgIpc) is 3.14. The Labute approximate surface area is 145 Å². The summed E-state index contributed by atoms with van der Waals surface area (Å²) in [5.41, 5.74) is 0.694. The van der Waals surface area contributed by atoms with Crippen molar-refractivity contribution in [3.05, 3.63) is 54.1 Å². The minimum atomic E-state index is -0.160. The van der Waals surface area contributed by atoms with Crippen LogP contribution in [0.15, 0.2) is 48.5 Å². The molecule has 130 valence electrons. The first-order valence-corrected chi connectivity index (χ1v) is 8.28. The smallest absolute Gasteiger partial charge is 0.254 e. The Balaban J connectivity index is 1.34. The maximum atomic E-state index is 12.5. The number of hydrogen-bond donors (Lipinski definition) is 0. The molecule has 6 nitrogen and oxygen atoms in total. The summed E-state index contributed by atoms with van der Waals surface area (Å²) in [6.07, 6.45) is -0.160. The number of ether oxygens (including phenoxy) is 4. The van der Waals surface area contributed by atoms with Crippen LogP contribution in [0.4, 0.5) is 0 Å². The van der Waals surface area contributed by atoms with Gasteiger partial charge in [-0.15, -0.1) is 0 Å². The third-order valence-corrected chi connectivity index (χ3v) is 4.23. The molecule has 6 heteroatoms. The topological polar surface area (TPSA) is 57.2 Å². The monoisotopic (exact) mass is 341 g/mol. The van der Waals surface area contributed by atoms with Crippen molar-refractivity contribution in [3.8, 4) is 17.2 Å². The van der Waals surface area contributed by atoms with Crippen LogP contribution in [0.25, 0.3) is 0 Å². The van der Waals surface area contributed by atoms with Gasteiger partial charge in [-0.2, -0.15) is 0 Å². The van der Waals surface area contributed by atoms with E-state index in [0.717, 1.165) is 5.75 Å². The van der Waals surface area contributed by atoms with Gasteiger partial charge in [0.1, 0.15) is 18.5 Å². The molecule has 1 atom stereocenters. The molecule has 1 amide bonds. The van der Waals surface area contributed by atoms with E-state index in [-0.39, 0.29) is 18.8 Å². The van der Waals surface area contributed by atoms with E-state index in [4.69, 9.17) is 18.9 Å². The molecule has 2 aromatic rings. The van der Waals surface area contributed by atoms with E-state index in [0.29, 0.717) is 43.4 Å². The fraction of sp³-hybridized carbons (Fsp3) is 0.316. The number of fused-ring (bicyclic) bond motifs is 1. The number of nitrogens with zero attached hydrogens (tertiary/aromatic N) is 1. The highest BCUT2D eigenvalue weighted by Gasteiger charge is 2.25. The lowest BCUT2D eigenvalue weighted by Crippen LogP contribution is -2.47. The van der Waals surface area contributed by atoms with Gasteiger partial charge >= 0.3 is 0 Å². The van der Waals surface area contributed by atoms with Crippen LogP contribution in [0.3, 0.4) is 0 Å². The third kappa shape index (κ3) is 3.53. The van der Waals surface area contributed by atoms with Crippen molar-refractivity contribution in [1.29, 1.82) is 0 Å². The summed E-state index contributed by atoms with van der Waals surface area (Å²) in [5, 5.41) is 0. The number of hydrogen-bond acceptors (Lipinski definition) is 5. The standard InChI is InChI=1S/C19H19NO5/c21-19(14-4-2-1-3-5-14)20-8-9-22-16(11-20)12-23-15-6-7-17-18(10-15)25-13-24-17/h1-7,10,16H,8-9,11-13H2. The lowest BCUT2D eigenvalue weighted by molar-refractivity contribution is -0.0401. The first kappa shape index (κ1) is 15.8. The fourth-order valence-corrected chi connectivity index (χ4v) is 2.92. The van der Waals surface area contributed by atoms with Crippen molar-refractivity contribution in [1.82, 2.24) is 4.90 Å². The molecule has 1 fully saturated rings. The van der Waals surface area contributed by atoms with Gasteiger partial charge in [0, 0.05) is 18.2 Å². The van der Waals surface area contributed by atoms with Gasteiger partial charge in [0.15, 0.2) is 11.5 Å². The van der Waals surface area contributed by atoms with Crippen molar-refractivity contribution >= 4 is 5.91 Å². The van der Waals surface area contributed by atoms with Gasteiger partial charge in [-0.3, -0.25) is 4.79 Å². The molecular weight excluding hydrogens is 322 g/mol. The average molecular weight is 341 g/mol. The fourth-order valence-electron chi connectivity index (χ4n) is 2.92. The maximum absolute atomic E-state index is 12.5. The highest BCUT2D eigenvalue weighted by atomic mass is 16.7. The molecule has 2 aromatic carbocycles. The van der Waals surface area contributed by atoms with Crippen LogP contribution in [0.2, 0.25) is 0 Å². The van der Waals surface area contributed by atoms with Gasteiger partial charge in [0.2, 0.25) is 6.79 Å². The third-order valence-electron chi connectivity index (χ3n) is 4.23. The Bertz CT molecular complexity index is 749. The summed E-state index contributed by atoms with van der Waals surface area (Å²) in [7, 11) is 0. The van der Waals surface area contributed by atoms with Crippen molar-refractivity contribution < 1.29 is 23.7 Å². The second-order valence-electron chi connectivity index (χ2n) is 5.94. The maximum Gasteiger partial charge on any atom is 0.254 e. The van der Waals surface area contributed by atoms with Crippen LogP contribution >= 0.6 is 0 Å². The van der Waals surface area contributed by atoms with Crippen LogP contribution < -0.4 is 14.2 Å². The van der Waals surface area contributed by atoms with Gasteiger partial charge in [-0.1, -0.05) is 18.2 Å². The second kappa shape index (κ2) is 7.03. The Hall–Kier alpha value is -2.73. The predicted molar refractivity (Wildman–Crippen MR) is 90.1 cm³/mol. The van der Waals surface area contributed by atoms with Crippen LogP contribution in [0.1, 0.15) is 10.4 Å². The van der Waals surface area contributed by atoms with Crippen molar-refractivity contribution in [2.24, 2.45) is 0 Å². The van der Waals surface area contributed by atoms with Gasteiger partial charge in [-0.05, 0) is 24.3 Å². The SMILES string of the molecule is O=C(c1ccccc1)N1CCOC(COc2ccc3c(c2)OCO3)C1. The van der Waals surface area contributed by atoms with Gasteiger partial charge in [0.25, 0.3) is 5.91 Å². The summed E-state index contributed by atoms with van der Waals surface area (Å²) in [5.74, 6) is 2.13. The van der Waals surface area contributed by atoms with E-state index in [2.05, 4.69) is 0 Å². The minimum absolute atomic E-state index is 0.0250. The first-order chi connectivity index (χ1) is 12.3. The van der Waals surface area contributed by atoms with E-state index >= 15 is 0 Å². The molecule has 0 aromatic heterocycles. The molecule has 0 N–H and O–H groups in total. The molecule has 0 aliphatic carbocycles. The van der Waals surface area contributed by atoms with E-state index < -0.39 is 0 Å². The molecule has 0 saturated carbocycles. The van der Waals surface area contributed by atoms with E-state index in [9.17, 15) is 4.79 Å². The number of amides is 1. The van der Waals surface area contributed by atoms with Crippen LogP contribution in [0.5, 0.6) is 17.2 Å². The summed E-state index contributed by atoms with van der Waals surface area (Å²) in [4.78, 5) is 14.4. The summed E-state index contributed by atoms with van der Waals surface area (Å²) in [6, 6.07) is 14.8. The Morgan fingerprint density at radius 1 is 1.12 bits per heavy atom. The highest BCUT2D eigenvalue weighted by Crippen LogP contribution is 2.35. The number of carbonyl (C=O) groups is 1. The lowest BCUT2D eigenvalue weighted by atomic mass is 10.2. The van der Waals surface area contributed by atoms with Crippen LogP contribution in [-0.2, 0) is 4.74 Å². The van der Waals surface area contributed by atoms with E-state index in [1.54, 1.807) is 6.07 Å². The predicted octanol–water partition coefficient (Wildman–Crippen LogP) is 2.34. The number of rotatable bonds is 4. The van der Waals surface area contributed by atoms with E-state index in [1.165, 1.54) is 0 Å². The quantitative estimate of drug-likeness (QED) is 0.854. The molecule has 0 spiro atoms. The van der Waals surface area contributed by atoms with Crippen molar-refractivity contribution in [2.75, 3.05) is 33.1 Å². The first-order valence-electron chi connectivity index (χ1n) is 8.28. The zero-order chi connectivity index (χ0) is 17.1. The molecule has 4 rings (SSSR count). The van der Waals surface area contributed by atoms with Gasteiger partial charge in [-0.25, -0.2) is 0 Å². The normalized spacial score (nSPS) is 18.9. The van der Waals surface area contributed by atoms with Gasteiger partial charge in [0.05, 0.1) is 13.2 Å². The second-order valence-corrected chi connectivity index (χ2v) is 5.94. The molecule has 2 aliphatic rings. The van der Waals surface area contributed by atoms with Gasteiger partial charge < -0.3 is 23.8 Å². The molecule has 2 heterocycles. The van der Waals surface area contributed by atoms with Crippen LogP contribution in [0, 0.1) is 0 Å². The number of benzene rings is 2. The summed E-state index contributed by atoms with van der Waals surface area (Å²) < 4.78 is 22.2. The molecule has 2 aliphatic heterocycles. The Morgan fingerprint density at radius 2 is 1.96 bits per heavy atom. The molecule has 1 unspecified atom stereocenters. The molecule has 0 radical (unpaired) electrons. The molecule has 25 heavy (non-hydrogen) atoms. The zero-order valence-corrected chi connectivity index (χ0v) is 13.7. The van der Waals surface area contributed by atoms with Crippen molar-refractivity contribution in [2.45, 2.75) is 6.10 Å². The number of carbonyl (C=O) groups excluding carboxylic acids is 1. The molecular formula is C19H19NO5. The Morgan fingerprint density at radius 3 is 2.84 bits per heavy atom. The lowest BCUT2D eigenvalue weighted by Gasteiger charge is -2.32. The van der Waals surface area contributed by atoms with Crippen LogP contribution in [-0.4, -0.2) is 50.0 Å². The molecule has 1 saturated heterocycles. The number of morpholine rings is 1. The highest BCUT2D eigenvalue weighted by molar-refractivity contribution is 5.94. The molecule has 0 bridgehead atoms. The largest absolute Gasteiger partial charge is 0.491 e. The minimum Gasteiger partial charge on any atom is -0.491 e. The Kier molecular flexibility index (Phi) is 4.43.